The number of rotatable bonds is 2. The summed E-state index contributed by atoms with van der Waals surface area (Å²) in [4.78, 5) is 16.8. The maximum Gasteiger partial charge on any atom is 0.254 e. The monoisotopic (exact) mass is 336 g/mol. The summed E-state index contributed by atoms with van der Waals surface area (Å²) < 4.78 is 1.75. The first-order chi connectivity index (χ1) is 12.1. The van der Waals surface area contributed by atoms with E-state index in [1.807, 2.05) is 55.1 Å². The van der Waals surface area contributed by atoms with Crippen LogP contribution in [0.2, 0.25) is 0 Å². The Labute approximate surface area is 145 Å². The molecule has 25 heavy (non-hydrogen) atoms. The van der Waals surface area contributed by atoms with E-state index in [0.29, 0.717) is 13.1 Å². The van der Waals surface area contributed by atoms with Gasteiger partial charge in [0.1, 0.15) is 5.82 Å². The van der Waals surface area contributed by atoms with Crippen LogP contribution in [0.3, 0.4) is 0 Å². The first-order valence-electron chi connectivity index (χ1n) is 8.42. The van der Waals surface area contributed by atoms with Gasteiger partial charge in [-0.2, -0.15) is 4.52 Å². The largest absolute Gasteiger partial charge is 0.352 e. The molecule has 3 heterocycles. The second kappa shape index (κ2) is 6.16. The zero-order valence-electron chi connectivity index (χ0n) is 14.4. The molecule has 128 valence electrons. The van der Waals surface area contributed by atoms with E-state index < -0.39 is 0 Å². The van der Waals surface area contributed by atoms with Gasteiger partial charge in [0.05, 0.1) is 0 Å². The molecule has 1 aliphatic heterocycles. The molecule has 0 radical (unpaired) electrons. The summed E-state index contributed by atoms with van der Waals surface area (Å²) in [5.41, 5.74) is 2.55. The van der Waals surface area contributed by atoms with Crippen LogP contribution in [0.5, 0.6) is 0 Å². The summed E-state index contributed by atoms with van der Waals surface area (Å²) >= 11 is 0. The molecule has 1 amide bonds. The lowest BCUT2D eigenvalue weighted by Gasteiger charge is -2.35. The molecule has 7 heteroatoms. The number of hydrogen-bond donors (Lipinski definition) is 0. The highest BCUT2D eigenvalue weighted by Gasteiger charge is 2.24. The van der Waals surface area contributed by atoms with Gasteiger partial charge in [-0.1, -0.05) is 18.2 Å². The van der Waals surface area contributed by atoms with E-state index in [4.69, 9.17) is 0 Å². The molecule has 0 atom stereocenters. The second-order valence-electron chi connectivity index (χ2n) is 6.30. The van der Waals surface area contributed by atoms with Gasteiger partial charge in [-0.3, -0.25) is 4.79 Å². The molecule has 1 aromatic carbocycles. The van der Waals surface area contributed by atoms with Crippen molar-refractivity contribution in [3.8, 4) is 0 Å². The van der Waals surface area contributed by atoms with Crippen molar-refractivity contribution in [2.75, 3.05) is 31.1 Å². The summed E-state index contributed by atoms with van der Waals surface area (Å²) in [6.45, 7) is 6.76. The van der Waals surface area contributed by atoms with Crippen LogP contribution in [0.4, 0.5) is 5.82 Å². The molecule has 2 aromatic heterocycles. The van der Waals surface area contributed by atoms with Crippen LogP contribution < -0.4 is 4.90 Å². The average Bonchev–Trinajstić information content (AvgIpc) is 3.02. The van der Waals surface area contributed by atoms with Gasteiger partial charge in [0.15, 0.2) is 11.5 Å². The number of hydrogen-bond acceptors (Lipinski definition) is 5. The van der Waals surface area contributed by atoms with Crippen LogP contribution in [-0.2, 0) is 0 Å². The highest BCUT2D eigenvalue weighted by atomic mass is 16.2. The van der Waals surface area contributed by atoms with Gasteiger partial charge in [-0.05, 0) is 37.6 Å². The number of aromatic nitrogens is 4. The Hall–Kier alpha value is -2.96. The van der Waals surface area contributed by atoms with Crippen LogP contribution in [0.15, 0.2) is 36.4 Å². The maximum atomic E-state index is 12.7. The number of carbonyl (C=O) groups is 1. The van der Waals surface area contributed by atoms with Crippen molar-refractivity contribution < 1.29 is 4.79 Å². The highest BCUT2D eigenvalue weighted by molar-refractivity contribution is 5.95. The van der Waals surface area contributed by atoms with Gasteiger partial charge in [0.25, 0.3) is 5.91 Å². The Morgan fingerprint density at radius 2 is 1.72 bits per heavy atom. The van der Waals surface area contributed by atoms with Crippen molar-refractivity contribution in [2.45, 2.75) is 13.8 Å². The zero-order valence-corrected chi connectivity index (χ0v) is 14.4. The molecule has 7 nitrogen and oxygen atoms in total. The van der Waals surface area contributed by atoms with E-state index in [-0.39, 0.29) is 5.91 Å². The molecule has 0 N–H and O–H groups in total. The van der Waals surface area contributed by atoms with Gasteiger partial charge in [-0.25, -0.2) is 0 Å². The molecular weight excluding hydrogens is 316 g/mol. The average molecular weight is 336 g/mol. The summed E-state index contributed by atoms with van der Waals surface area (Å²) in [6.07, 6.45) is 0. The number of aryl methyl sites for hydroxylation is 2. The van der Waals surface area contributed by atoms with E-state index in [0.717, 1.165) is 41.5 Å². The molecule has 0 unspecified atom stereocenters. The summed E-state index contributed by atoms with van der Waals surface area (Å²) in [6, 6.07) is 11.6. The minimum absolute atomic E-state index is 0.107. The fraction of sp³-hybridized carbons (Fsp3) is 0.333. The lowest BCUT2D eigenvalue weighted by atomic mass is 10.1. The fourth-order valence-electron chi connectivity index (χ4n) is 3.18. The molecule has 0 aliphatic carbocycles. The van der Waals surface area contributed by atoms with E-state index in [1.165, 1.54) is 0 Å². The Kier molecular flexibility index (Phi) is 3.83. The second-order valence-corrected chi connectivity index (χ2v) is 6.30. The van der Waals surface area contributed by atoms with Crippen LogP contribution >= 0.6 is 0 Å². The number of piperazine rings is 1. The maximum absolute atomic E-state index is 12.7. The Morgan fingerprint density at radius 3 is 2.48 bits per heavy atom. The van der Waals surface area contributed by atoms with Crippen LogP contribution in [0.1, 0.15) is 21.7 Å². The predicted octanol–water partition coefficient (Wildman–Crippen LogP) is 1.70. The molecule has 0 bridgehead atoms. The van der Waals surface area contributed by atoms with E-state index in [1.54, 1.807) is 4.52 Å². The SMILES string of the molecule is Cc1ccccc1C(=O)N1CCN(c2ccc3nnc(C)n3n2)CC1. The van der Waals surface area contributed by atoms with Crippen LogP contribution in [-0.4, -0.2) is 56.8 Å². The van der Waals surface area contributed by atoms with Crippen molar-refractivity contribution in [3.05, 3.63) is 53.3 Å². The van der Waals surface area contributed by atoms with Crippen LogP contribution in [0.25, 0.3) is 5.65 Å². The molecular formula is C18H20N6O. The Morgan fingerprint density at radius 1 is 0.960 bits per heavy atom. The molecule has 0 spiro atoms. The normalized spacial score (nSPS) is 15.0. The minimum atomic E-state index is 0.107. The van der Waals surface area contributed by atoms with Gasteiger partial charge in [-0.15, -0.1) is 15.3 Å². The van der Waals surface area contributed by atoms with Crippen molar-refractivity contribution >= 4 is 17.4 Å². The molecule has 1 saturated heterocycles. The molecule has 0 saturated carbocycles. The van der Waals surface area contributed by atoms with Gasteiger partial charge >= 0.3 is 0 Å². The third-order valence-electron chi connectivity index (χ3n) is 4.67. The first kappa shape index (κ1) is 15.6. The van der Waals surface area contributed by atoms with Gasteiger partial charge in [0.2, 0.25) is 0 Å². The van der Waals surface area contributed by atoms with Crippen molar-refractivity contribution in [3.63, 3.8) is 0 Å². The summed E-state index contributed by atoms with van der Waals surface area (Å²) in [5, 5.41) is 12.7. The van der Waals surface area contributed by atoms with Crippen molar-refractivity contribution in [1.82, 2.24) is 24.7 Å². The lowest BCUT2D eigenvalue weighted by Crippen LogP contribution is -2.49. The van der Waals surface area contributed by atoms with Crippen molar-refractivity contribution in [2.24, 2.45) is 0 Å². The third kappa shape index (κ3) is 2.82. The van der Waals surface area contributed by atoms with E-state index in [9.17, 15) is 4.79 Å². The number of carbonyl (C=O) groups excluding carboxylic acids is 1. The number of fused-ring (bicyclic) bond motifs is 1. The van der Waals surface area contributed by atoms with Crippen molar-refractivity contribution in [1.29, 1.82) is 0 Å². The fourth-order valence-corrected chi connectivity index (χ4v) is 3.18. The molecule has 1 aliphatic rings. The first-order valence-corrected chi connectivity index (χ1v) is 8.42. The van der Waals surface area contributed by atoms with E-state index >= 15 is 0 Å². The highest BCUT2D eigenvalue weighted by Crippen LogP contribution is 2.17. The third-order valence-corrected chi connectivity index (χ3v) is 4.67. The quantitative estimate of drug-likeness (QED) is 0.713. The van der Waals surface area contributed by atoms with Crippen LogP contribution in [0, 0.1) is 13.8 Å². The molecule has 3 aromatic rings. The number of amides is 1. The zero-order chi connectivity index (χ0) is 17.4. The Bertz CT molecular complexity index is 926. The predicted molar refractivity (Wildman–Crippen MR) is 94.8 cm³/mol. The summed E-state index contributed by atoms with van der Waals surface area (Å²) in [7, 11) is 0. The smallest absolute Gasteiger partial charge is 0.254 e. The summed E-state index contributed by atoms with van der Waals surface area (Å²) in [5.74, 6) is 1.76. The molecule has 1 fully saturated rings. The number of nitrogens with zero attached hydrogens (tertiary/aromatic N) is 6. The number of anilines is 1. The van der Waals surface area contributed by atoms with Gasteiger partial charge in [0, 0.05) is 31.7 Å². The van der Waals surface area contributed by atoms with E-state index in [2.05, 4.69) is 20.2 Å². The Balaban J connectivity index is 1.48. The molecule has 4 rings (SSSR count). The number of benzene rings is 1. The standard InChI is InChI=1S/C18H20N6O/c1-13-5-3-4-6-15(13)18(25)23-11-9-22(10-12-23)17-8-7-16-20-19-14(2)24(16)21-17/h3-8H,9-12H2,1-2H3. The lowest BCUT2D eigenvalue weighted by molar-refractivity contribution is 0.0745. The topological polar surface area (TPSA) is 66.6 Å². The van der Waals surface area contributed by atoms with Gasteiger partial charge < -0.3 is 9.80 Å². The minimum Gasteiger partial charge on any atom is -0.352 e.